The van der Waals surface area contributed by atoms with Crippen molar-refractivity contribution in [2.45, 2.75) is 24.7 Å². The number of nitrogens with one attached hydrogen (secondary N) is 1. The van der Waals surface area contributed by atoms with Crippen LogP contribution in [0.15, 0.2) is 102 Å². The Labute approximate surface area is 247 Å². The molecule has 0 unspecified atom stereocenters. The van der Waals surface area contributed by atoms with Crippen LogP contribution in [0, 0.1) is 28.9 Å². The van der Waals surface area contributed by atoms with E-state index in [1.807, 2.05) is 67.6 Å². The topological polar surface area (TPSA) is 122 Å². The molecule has 3 amide bonds. The van der Waals surface area contributed by atoms with Crippen molar-refractivity contribution >= 4 is 35.3 Å². The van der Waals surface area contributed by atoms with Gasteiger partial charge in [0.25, 0.3) is 5.69 Å². The number of aryl methyl sites for hydroxylation is 1. The molecule has 212 valence electrons. The number of carbonyl (C=O) groups excluding carboxylic acids is 3. The Balaban J connectivity index is 1.30. The quantitative estimate of drug-likeness (QED) is 0.155. The smallest absolute Gasteiger partial charge is 0.269 e. The summed E-state index contributed by atoms with van der Waals surface area (Å²) < 4.78 is 0. The summed E-state index contributed by atoms with van der Waals surface area (Å²) >= 11 is 0. The molecule has 0 spiro atoms. The molecule has 8 rings (SSSR count). The molecule has 1 saturated heterocycles. The minimum atomic E-state index is -1.10. The van der Waals surface area contributed by atoms with Crippen LogP contribution in [-0.4, -0.2) is 28.9 Å². The number of anilines is 1. The van der Waals surface area contributed by atoms with Gasteiger partial charge in [-0.1, -0.05) is 78.4 Å². The molecule has 0 aromatic heterocycles. The normalized spacial score (nSPS) is 23.2. The van der Waals surface area contributed by atoms with Crippen molar-refractivity contribution in [2.24, 2.45) is 16.9 Å². The summed E-state index contributed by atoms with van der Waals surface area (Å²) in [7, 11) is 0. The van der Waals surface area contributed by atoms with Crippen LogP contribution >= 0.6 is 0 Å². The van der Waals surface area contributed by atoms with E-state index in [-0.39, 0.29) is 29.8 Å². The highest BCUT2D eigenvalue weighted by atomic mass is 16.6. The monoisotopic (exact) mass is 570 g/mol. The molecule has 1 N–H and O–H groups in total. The number of nitro groups is 1. The first-order valence-electron chi connectivity index (χ1n) is 14.0. The summed E-state index contributed by atoms with van der Waals surface area (Å²) in [6.07, 6.45) is 1.58. The van der Waals surface area contributed by atoms with E-state index in [9.17, 15) is 24.5 Å². The van der Waals surface area contributed by atoms with Crippen molar-refractivity contribution in [3.05, 3.63) is 141 Å². The predicted molar refractivity (Wildman–Crippen MR) is 160 cm³/mol. The fourth-order valence-corrected chi connectivity index (χ4v) is 7.16. The number of nitrogens with zero attached hydrogens (tertiary/aromatic N) is 3. The highest BCUT2D eigenvalue weighted by Gasteiger charge is 2.68. The Bertz CT molecular complexity index is 1800. The summed E-state index contributed by atoms with van der Waals surface area (Å²) in [6, 6.07) is 28.8. The van der Waals surface area contributed by atoms with Gasteiger partial charge in [-0.05, 0) is 46.9 Å². The van der Waals surface area contributed by atoms with Gasteiger partial charge in [-0.25, -0.2) is 10.3 Å². The van der Waals surface area contributed by atoms with Crippen molar-refractivity contribution in [3.63, 3.8) is 0 Å². The highest BCUT2D eigenvalue weighted by molar-refractivity contribution is 6.25. The van der Waals surface area contributed by atoms with Crippen molar-refractivity contribution in [1.29, 1.82) is 0 Å². The van der Waals surface area contributed by atoms with Crippen LogP contribution in [0.4, 0.5) is 11.4 Å². The zero-order chi connectivity index (χ0) is 29.9. The second-order valence-electron chi connectivity index (χ2n) is 11.3. The summed E-state index contributed by atoms with van der Waals surface area (Å²) in [5, 5.41) is 15.4. The summed E-state index contributed by atoms with van der Waals surface area (Å²) in [5.74, 6) is -2.65. The average molecular weight is 571 g/mol. The van der Waals surface area contributed by atoms with Gasteiger partial charge in [0.15, 0.2) is 0 Å². The first kappa shape index (κ1) is 26.5. The lowest BCUT2D eigenvalue weighted by Gasteiger charge is -2.52. The Morgan fingerprint density at radius 1 is 0.907 bits per heavy atom. The van der Waals surface area contributed by atoms with E-state index in [0.29, 0.717) is 11.3 Å². The Morgan fingerprint density at radius 2 is 1.51 bits per heavy atom. The molecule has 9 heteroatoms. The highest BCUT2D eigenvalue weighted by Crippen LogP contribution is 2.63. The van der Waals surface area contributed by atoms with E-state index < -0.39 is 28.1 Å². The zero-order valence-corrected chi connectivity index (χ0v) is 23.1. The molecule has 0 radical (unpaired) electrons. The summed E-state index contributed by atoms with van der Waals surface area (Å²) in [5.41, 5.74) is 7.31. The molecule has 2 bridgehead atoms. The maximum absolute atomic E-state index is 14.4. The number of hydrazone groups is 1. The molecule has 1 fully saturated rings. The molecular weight excluding hydrogens is 544 g/mol. The summed E-state index contributed by atoms with van der Waals surface area (Å²) in [6.45, 7) is 1.95. The third-order valence-corrected chi connectivity index (χ3v) is 8.95. The number of non-ortho nitro benzene ring substituents is 1. The van der Waals surface area contributed by atoms with Gasteiger partial charge in [0.05, 0.1) is 34.3 Å². The SMILES string of the molecule is Cc1ccc(N2C(=O)[C@@H]3C4c5ccccc5C(/C=N\NC(=O)Cc5ccc([N+](=O)[O-])cc5)(c5ccccc54)[C@@H]3C2=O)cc1. The van der Waals surface area contributed by atoms with E-state index in [4.69, 9.17) is 0 Å². The molecule has 9 nitrogen and oxygen atoms in total. The first-order chi connectivity index (χ1) is 20.8. The molecule has 2 atom stereocenters. The fraction of sp³-hybridized carbons (Fsp3) is 0.176. The van der Waals surface area contributed by atoms with Crippen LogP contribution in [0.5, 0.6) is 0 Å². The Kier molecular flexibility index (Phi) is 6.05. The average Bonchev–Trinajstić information content (AvgIpc) is 3.28. The molecule has 1 aliphatic heterocycles. The van der Waals surface area contributed by atoms with Crippen LogP contribution < -0.4 is 10.3 Å². The van der Waals surface area contributed by atoms with E-state index in [1.165, 1.54) is 29.2 Å². The lowest BCUT2D eigenvalue weighted by Crippen LogP contribution is -2.54. The van der Waals surface area contributed by atoms with E-state index >= 15 is 0 Å². The number of nitro benzene ring substituents is 1. The van der Waals surface area contributed by atoms with Gasteiger partial charge in [0, 0.05) is 24.3 Å². The molecule has 4 aromatic rings. The third-order valence-electron chi connectivity index (χ3n) is 8.95. The zero-order valence-electron chi connectivity index (χ0n) is 23.1. The maximum atomic E-state index is 14.4. The van der Waals surface area contributed by atoms with Gasteiger partial charge < -0.3 is 0 Å². The maximum Gasteiger partial charge on any atom is 0.269 e. The second kappa shape index (κ2) is 9.84. The predicted octanol–water partition coefficient (Wildman–Crippen LogP) is 4.80. The fourth-order valence-electron chi connectivity index (χ4n) is 7.16. The number of hydrogen-bond donors (Lipinski definition) is 1. The first-order valence-corrected chi connectivity index (χ1v) is 14.0. The molecule has 43 heavy (non-hydrogen) atoms. The van der Waals surface area contributed by atoms with Crippen LogP contribution in [0.25, 0.3) is 0 Å². The van der Waals surface area contributed by atoms with E-state index in [0.717, 1.165) is 27.8 Å². The molecule has 4 aromatic carbocycles. The van der Waals surface area contributed by atoms with Gasteiger partial charge in [-0.2, -0.15) is 5.10 Å². The second-order valence-corrected chi connectivity index (χ2v) is 11.3. The molecule has 3 aliphatic carbocycles. The van der Waals surface area contributed by atoms with Crippen molar-refractivity contribution in [3.8, 4) is 0 Å². The van der Waals surface area contributed by atoms with Gasteiger partial charge in [-0.3, -0.25) is 24.5 Å². The molecule has 0 saturated carbocycles. The van der Waals surface area contributed by atoms with Crippen LogP contribution in [0.2, 0.25) is 0 Å². The number of imide groups is 1. The van der Waals surface area contributed by atoms with E-state index in [1.54, 1.807) is 18.3 Å². The van der Waals surface area contributed by atoms with Gasteiger partial charge in [0.2, 0.25) is 17.7 Å². The van der Waals surface area contributed by atoms with Crippen molar-refractivity contribution in [2.75, 3.05) is 4.90 Å². The summed E-state index contributed by atoms with van der Waals surface area (Å²) in [4.78, 5) is 53.2. The van der Waals surface area contributed by atoms with Crippen LogP contribution in [0.3, 0.4) is 0 Å². The number of rotatable bonds is 6. The molecule has 4 aliphatic rings. The molecular formula is C34H26N4O5. The van der Waals surface area contributed by atoms with Gasteiger partial charge in [0.1, 0.15) is 0 Å². The van der Waals surface area contributed by atoms with E-state index in [2.05, 4.69) is 10.5 Å². The van der Waals surface area contributed by atoms with Crippen LogP contribution in [-0.2, 0) is 26.2 Å². The minimum absolute atomic E-state index is 0.0394. The Morgan fingerprint density at radius 3 is 2.12 bits per heavy atom. The number of hydrogen-bond acceptors (Lipinski definition) is 6. The standard InChI is InChI=1S/C34H26N4O5/c1-20-10-14-22(15-11-20)37-32(40)30-29-24-6-2-4-8-26(24)34(31(30)33(37)41,27-9-5-3-7-25(27)29)19-35-36-28(39)18-21-12-16-23(17-13-21)38(42)43/h2-17,19,29-31H,18H2,1H3,(H,36,39)/b35-19-/t29?,30-,31+,34?/m1/s1. The lowest BCUT2D eigenvalue weighted by molar-refractivity contribution is -0.384. The van der Waals surface area contributed by atoms with Crippen molar-refractivity contribution in [1.82, 2.24) is 5.43 Å². The number of benzene rings is 4. The largest absolute Gasteiger partial charge is 0.274 e. The van der Waals surface area contributed by atoms with Gasteiger partial charge >= 0.3 is 0 Å². The number of carbonyl (C=O) groups is 3. The van der Waals surface area contributed by atoms with Crippen molar-refractivity contribution < 1.29 is 19.3 Å². The lowest BCUT2D eigenvalue weighted by atomic mass is 9.47. The van der Waals surface area contributed by atoms with Crippen LogP contribution in [0.1, 0.15) is 39.3 Å². The molecule has 1 heterocycles. The number of amides is 3. The Hall–Kier alpha value is -5.44. The van der Waals surface area contributed by atoms with Gasteiger partial charge in [-0.15, -0.1) is 0 Å². The minimum Gasteiger partial charge on any atom is -0.274 e. The third kappa shape index (κ3) is 3.92.